The molecule has 0 radical (unpaired) electrons. The standard InChI is InChI=1S/C53H75NO9S2/c1-6-7-8-12-34-28-54-36-21-32(22-37(55)24-36)15-19-50-33-14-11-18-52(61,45-44(63-45)31(4)30(2)3)42(50)16-20-53(50,62)39-25-43(58)51(27-41(57)40(56)26-48(51,5)38(39)23-33)47(60)65-64-29-35-13-9-10-17-49(34,35)46(54)59/h11,14,21-22,24-25,30-31,33-35,38,40-42,44-45,47,55-57,60-62H,6-10,12-13,15-20,23,26-29H2,1-5H3. The van der Waals surface area contributed by atoms with Crippen molar-refractivity contribution in [3.63, 3.8) is 0 Å². The number of nitrogens with zero attached hydrogens (tertiary/aromatic N) is 1. The molecule has 11 aliphatic rings. The number of aliphatic hydroxyl groups excluding tert-OH is 3. The molecule has 6 aliphatic carbocycles. The summed E-state index contributed by atoms with van der Waals surface area (Å²) in [5.74, 6) is 0.190. The van der Waals surface area contributed by atoms with Gasteiger partial charge in [0.2, 0.25) is 5.91 Å². The molecular weight excluding hydrogens is 859 g/mol. The lowest BCUT2D eigenvalue weighted by atomic mass is 9.39. The van der Waals surface area contributed by atoms with Gasteiger partial charge < -0.3 is 40.3 Å². The minimum Gasteiger partial charge on any atom is -0.508 e. The second-order valence-corrected chi connectivity index (χ2v) is 25.7. The number of aryl methyl sites for hydroxylation is 1. The van der Waals surface area contributed by atoms with Crippen LogP contribution in [0.4, 0.5) is 5.69 Å². The number of benzene rings is 1. The first-order chi connectivity index (χ1) is 30.9. The number of allylic oxidation sites excluding steroid dienone is 2. The third-order valence-corrected chi connectivity index (χ3v) is 22.9. The van der Waals surface area contributed by atoms with Crippen LogP contribution < -0.4 is 4.90 Å². The molecular formula is C53H75NO9S2. The van der Waals surface area contributed by atoms with Crippen LogP contribution in [0.15, 0.2) is 42.0 Å². The van der Waals surface area contributed by atoms with Crippen molar-refractivity contribution in [3.8, 4) is 5.75 Å². The zero-order chi connectivity index (χ0) is 46.1. The molecule has 65 heavy (non-hydrogen) atoms. The van der Waals surface area contributed by atoms with E-state index in [1.807, 2.05) is 11.8 Å². The number of fused-ring (bicyclic) bond motifs is 1. The second-order valence-electron chi connectivity index (χ2n) is 23.2. The van der Waals surface area contributed by atoms with Gasteiger partial charge in [-0.05, 0) is 141 Å². The first-order valence-electron chi connectivity index (χ1n) is 25.4. The van der Waals surface area contributed by atoms with Gasteiger partial charge in [-0.15, -0.1) is 0 Å². The Morgan fingerprint density at radius 2 is 1.75 bits per heavy atom. The van der Waals surface area contributed by atoms with Crippen LogP contribution in [-0.2, 0) is 20.7 Å². The lowest BCUT2D eigenvalue weighted by Crippen LogP contribution is -2.70. The normalized spacial score (nSPS) is 47.3. The first kappa shape index (κ1) is 46.8. The van der Waals surface area contributed by atoms with Gasteiger partial charge in [0.15, 0.2) is 5.78 Å². The van der Waals surface area contributed by atoms with Gasteiger partial charge in [0.1, 0.15) is 22.9 Å². The number of aromatic hydroxyl groups is 1. The van der Waals surface area contributed by atoms with E-state index < -0.39 is 68.4 Å². The number of carbonyl (C=O) groups excluding carboxylic acids is 2. The molecule has 358 valence electrons. The van der Waals surface area contributed by atoms with Gasteiger partial charge in [0.05, 0.1) is 34.7 Å². The Kier molecular flexibility index (Phi) is 12.0. The number of phenols is 1. The fraction of sp³-hybridized carbons (Fsp3) is 0.774. The Labute approximate surface area is 394 Å². The van der Waals surface area contributed by atoms with Gasteiger partial charge in [0, 0.05) is 35.4 Å². The van der Waals surface area contributed by atoms with E-state index in [0.717, 1.165) is 56.9 Å². The smallest absolute Gasteiger partial charge is 0.233 e. The number of aliphatic hydroxyl groups is 5. The third kappa shape index (κ3) is 6.62. The number of epoxide rings is 1. The molecule has 17 unspecified atom stereocenters. The number of amides is 1. The van der Waals surface area contributed by atoms with E-state index in [0.29, 0.717) is 68.0 Å². The van der Waals surface area contributed by atoms with Gasteiger partial charge in [0.25, 0.3) is 0 Å². The number of carbonyl (C=O) groups is 2. The zero-order valence-corrected chi connectivity index (χ0v) is 40.9. The summed E-state index contributed by atoms with van der Waals surface area (Å²) in [4.78, 5) is 32.8. The van der Waals surface area contributed by atoms with Crippen molar-refractivity contribution in [1.82, 2.24) is 0 Å². The highest BCUT2D eigenvalue weighted by atomic mass is 33.1. The summed E-state index contributed by atoms with van der Waals surface area (Å²) in [5.41, 5.74) is -5.89. The van der Waals surface area contributed by atoms with Crippen LogP contribution in [0.3, 0.4) is 0 Å². The number of phenolic OH excluding ortho intramolecular Hbond substituents is 1. The van der Waals surface area contributed by atoms with E-state index in [4.69, 9.17) is 4.74 Å². The van der Waals surface area contributed by atoms with E-state index in [2.05, 4.69) is 45.9 Å². The Hall–Kier alpha value is -1.90. The molecule has 12 heteroatoms. The molecule has 2 saturated heterocycles. The van der Waals surface area contributed by atoms with Crippen molar-refractivity contribution in [3.05, 3.63) is 47.6 Å². The van der Waals surface area contributed by atoms with Crippen molar-refractivity contribution in [2.24, 2.45) is 63.1 Å². The summed E-state index contributed by atoms with van der Waals surface area (Å²) in [6.45, 7) is 11.3. The van der Waals surface area contributed by atoms with Crippen molar-refractivity contribution in [2.75, 3.05) is 17.2 Å². The SMILES string of the molecule is CCCCCC1CN2C(=O)C13CCCCC3CSSC(O)C13CC(O)C(O)CC1(C)C1CC4C=CCC(O)(C5OC5C(C)C(C)C)C5CCC(O)(C1=CC3=O)C45CCc1cc(O)cc2c1. The van der Waals surface area contributed by atoms with Gasteiger partial charge in [-0.2, -0.15) is 0 Å². The average Bonchev–Trinajstić information content (AvgIpc) is 3.97. The highest BCUT2D eigenvalue weighted by Gasteiger charge is 2.78. The molecule has 3 spiro atoms. The van der Waals surface area contributed by atoms with E-state index >= 15 is 9.59 Å². The van der Waals surface area contributed by atoms with Crippen molar-refractivity contribution >= 4 is 39.0 Å². The summed E-state index contributed by atoms with van der Waals surface area (Å²) >= 11 is 0. The molecule has 5 aliphatic heterocycles. The van der Waals surface area contributed by atoms with Crippen LogP contribution in [0.5, 0.6) is 5.75 Å². The highest BCUT2D eigenvalue weighted by molar-refractivity contribution is 8.76. The number of hydrogen-bond donors (Lipinski definition) is 6. The number of ether oxygens (including phenoxy) is 1. The molecule has 12 rings (SSSR count). The fourth-order valence-electron chi connectivity index (χ4n) is 16.6. The zero-order valence-electron chi connectivity index (χ0n) is 39.3. The Balaban J connectivity index is 1.15. The maximum absolute atomic E-state index is 15.5. The quantitative estimate of drug-likeness (QED) is 0.0673. The third-order valence-electron chi connectivity index (χ3n) is 20.3. The summed E-state index contributed by atoms with van der Waals surface area (Å²) in [7, 11) is 2.81. The van der Waals surface area contributed by atoms with Crippen molar-refractivity contribution in [1.29, 1.82) is 0 Å². The molecule has 5 heterocycles. The summed E-state index contributed by atoms with van der Waals surface area (Å²) in [5, 5.41) is 74.8. The predicted molar refractivity (Wildman–Crippen MR) is 255 cm³/mol. The largest absolute Gasteiger partial charge is 0.508 e. The van der Waals surface area contributed by atoms with E-state index in [-0.39, 0.29) is 60.1 Å². The molecule has 1 aromatic rings. The maximum atomic E-state index is 15.5. The fourth-order valence-corrected chi connectivity index (χ4v) is 19.7. The predicted octanol–water partition coefficient (Wildman–Crippen LogP) is 8.29. The lowest BCUT2D eigenvalue weighted by Gasteiger charge is -2.66. The molecule has 1 aromatic carbocycles. The van der Waals surface area contributed by atoms with Gasteiger partial charge >= 0.3 is 0 Å². The average molecular weight is 934 g/mol. The summed E-state index contributed by atoms with van der Waals surface area (Å²) < 4.78 is 6.50. The highest BCUT2D eigenvalue weighted by Crippen LogP contribution is 2.76. The monoisotopic (exact) mass is 933 g/mol. The van der Waals surface area contributed by atoms with E-state index in [1.165, 1.54) is 21.6 Å². The van der Waals surface area contributed by atoms with Crippen LogP contribution in [0.2, 0.25) is 0 Å². The van der Waals surface area contributed by atoms with Crippen LogP contribution in [0.25, 0.3) is 0 Å². The Bertz CT molecular complexity index is 2110. The van der Waals surface area contributed by atoms with Crippen molar-refractivity contribution < 1.29 is 45.0 Å². The van der Waals surface area contributed by atoms with Gasteiger partial charge in [-0.1, -0.05) is 100 Å². The molecule has 8 bridgehead atoms. The topological polar surface area (TPSA) is 171 Å². The summed E-state index contributed by atoms with van der Waals surface area (Å²) in [6, 6.07) is 5.60. The molecule has 6 fully saturated rings. The van der Waals surface area contributed by atoms with Crippen LogP contribution in [0.1, 0.15) is 136 Å². The van der Waals surface area contributed by atoms with Crippen LogP contribution >= 0.6 is 21.6 Å². The minimum atomic E-state index is -1.54. The maximum Gasteiger partial charge on any atom is 0.233 e. The van der Waals surface area contributed by atoms with Crippen LogP contribution in [0, 0.1) is 63.1 Å². The minimum absolute atomic E-state index is 0.0517. The molecule has 0 aromatic heterocycles. The van der Waals surface area contributed by atoms with Gasteiger partial charge in [-0.3, -0.25) is 9.59 Å². The Morgan fingerprint density at radius 1 is 0.969 bits per heavy atom. The molecule has 1 amide bonds. The van der Waals surface area contributed by atoms with E-state index in [9.17, 15) is 30.6 Å². The molecule has 4 saturated carbocycles. The summed E-state index contributed by atoms with van der Waals surface area (Å²) in [6.07, 6.45) is 13.5. The Morgan fingerprint density at radius 3 is 2.52 bits per heavy atom. The number of ketones is 1. The molecule has 10 nitrogen and oxygen atoms in total. The number of rotatable bonds is 7. The molecule has 17 atom stereocenters. The number of anilines is 1. The molecule has 6 N–H and O–H groups in total. The van der Waals surface area contributed by atoms with Crippen LogP contribution in [-0.4, -0.2) is 95.7 Å². The second kappa shape index (κ2) is 16.6. The lowest BCUT2D eigenvalue weighted by molar-refractivity contribution is -0.206. The first-order valence-corrected chi connectivity index (χ1v) is 27.8. The van der Waals surface area contributed by atoms with Gasteiger partial charge in [-0.25, -0.2) is 0 Å². The van der Waals surface area contributed by atoms with E-state index in [1.54, 1.807) is 18.2 Å². The number of unbranched alkanes of at least 4 members (excludes halogenated alkanes) is 2. The van der Waals surface area contributed by atoms with Crippen molar-refractivity contribution in [2.45, 2.75) is 178 Å². The number of hydrogen-bond acceptors (Lipinski definition) is 11.